The molecule has 0 aliphatic carbocycles. The van der Waals surface area contributed by atoms with Crippen molar-refractivity contribution in [2.45, 2.75) is 31.6 Å². The molecular formula is C14H21F2NO3S. The highest BCUT2D eigenvalue weighted by molar-refractivity contribution is 7.89. The van der Waals surface area contributed by atoms with Crippen LogP contribution in [-0.4, -0.2) is 26.7 Å². The van der Waals surface area contributed by atoms with Gasteiger partial charge in [0.15, 0.2) is 11.6 Å². The first kappa shape index (κ1) is 18.0. The number of benzene rings is 1. The number of hydrogen-bond donors (Lipinski definition) is 2. The minimum absolute atomic E-state index is 0.00456. The molecule has 21 heavy (non-hydrogen) atoms. The topological polar surface area (TPSA) is 66.4 Å². The summed E-state index contributed by atoms with van der Waals surface area (Å²) in [6.07, 6.45) is 1.25. The molecule has 120 valence electrons. The van der Waals surface area contributed by atoms with Crippen LogP contribution in [-0.2, 0) is 10.0 Å². The summed E-state index contributed by atoms with van der Waals surface area (Å²) in [6, 6.07) is 2.45. The van der Waals surface area contributed by atoms with E-state index in [0.29, 0.717) is 18.4 Å². The van der Waals surface area contributed by atoms with Crippen LogP contribution in [0.4, 0.5) is 8.78 Å². The molecule has 1 atom stereocenters. The lowest BCUT2D eigenvalue weighted by atomic mass is 9.95. The molecule has 0 bridgehead atoms. The predicted octanol–water partition coefficient (Wildman–Crippen LogP) is 2.29. The summed E-state index contributed by atoms with van der Waals surface area (Å²) in [4.78, 5) is -0.311. The summed E-state index contributed by atoms with van der Waals surface area (Å²) in [7, 11) is -3.89. The molecule has 0 saturated heterocycles. The normalized spacial score (nSPS) is 13.6. The van der Waals surface area contributed by atoms with Gasteiger partial charge < -0.3 is 5.11 Å². The second kappa shape index (κ2) is 7.82. The minimum atomic E-state index is -3.89. The lowest BCUT2D eigenvalue weighted by Crippen LogP contribution is -2.30. The van der Waals surface area contributed by atoms with Gasteiger partial charge in [0.1, 0.15) is 0 Å². The van der Waals surface area contributed by atoms with Crippen molar-refractivity contribution in [3.63, 3.8) is 0 Å². The highest BCUT2D eigenvalue weighted by Crippen LogP contribution is 2.17. The Bertz CT molecular complexity index is 561. The quantitative estimate of drug-likeness (QED) is 0.772. The summed E-state index contributed by atoms with van der Waals surface area (Å²) >= 11 is 0. The van der Waals surface area contributed by atoms with Crippen molar-refractivity contribution in [3.8, 4) is 0 Å². The Labute approximate surface area is 124 Å². The van der Waals surface area contributed by atoms with E-state index >= 15 is 0 Å². The van der Waals surface area contributed by atoms with Crippen molar-refractivity contribution >= 4 is 10.0 Å². The Morgan fingerprint density at radius 3 is 2.43 bits per heavy atom. The Hall–Kier alpha value is -1.05. The van der Waals surface area contributed by atoms with E-state index in [1.807, 2.05) is 13.8 Å². The van der Waals surface area contributed by atoms with Crippen LogP contribution in [0, 0.1) is 23.5 Å². The fraction of sp³-hybridized carbons (Fsp3) is 0.571. The lowest BCUT2D eigenvalue weighted by molar-refractivity contribution is 0.243. The second-order valence-electron chi connectivity index (χ2n) is 5.44. The minimum Gasteiger partial charge on any atom is -0.396 e. The molecule has 0 fully saturated rings. The standard InChI is InChI=1S/C14H21F2NO3S/c1-10(2)7-11(5-6-18)9-17-21(19,20)12-3-4-13(15)14(16)8-12/h3-4,8,10-11,17-18H,5-7,9H2,1-2H3. The van der Waals surface area contributed by atoms with E-state index in [1.165, 1.54) is 0 Å². The highest BCUT2D eigenvalue weighted by atomic mass is 32.2. The fourth-order valence-electron chi connectivity index (χ4n) is 2.11. The van der Waals surface area contributed by atoms with Crippen LogP contribution in [0.3, 0.4) is 0 Å². The molecule has 2 N–H and O–H groups in total. The second-order valence-corrected chi connectivity index (χ2v) is 7.20. The number of rotatable bonds is 8. The third kappa shape index (κ3) is 5.68. The summed E-state index contributed by atoms with van der Waals surface area (Å²) in [6.45, 7) is 4.15. The monoisotopic (exact) mass is 321 g/mol. The molecule has 0 aliphatic rings. The van der Waals surface area contributed by atoms with E-state index in [9.17, 15) is 17.2 Å². The molecule has 1 rings (SSSR count). The van der Waals surface area contributed by atoms with Crippen LogP contribution in [0.15, 0.2) is 23.1 Å². The van der Waals surface area contributed by atoms with Gasteiger partial charge in [0.25, 0.3) is 0 Å². The lowest BCUT2D eigenvalue weighted by Gasteiger charge is -2.18. The Morgan fingerprint density at radius 1 is 1.24 bits per heavy atom. The zero-order chi connectivity index (χ0) is 16.0. The molecule has 0 amide bonds. The molecule has 0 aliphatic heterocycles. The van der Waals surface area contributed by atoms with Crippen molar-refractivity contribution in [2.75, 3.05) is 13.2 Å². The molecule has 1 unspecified atom stereocenters. The highest BCUT2D eigenvalue weighted by Gasteiger charge is 2.19. The molecule has 0 aromatic heterocycles. The van der Waals surface area contributed by atoms with Gasteiger partial charge in [0.2, 0.25) is 10.0 Å². The van der Waals surface area contributed by atoms with Gasteiger partial charge in [0.05, 0.1) is 4.90 Å². The maximum absolute atomic E-state index is 13.1. The van der Waals surface area contributed by atoms with E-state index in [4.69, 9.17) is 5.11 Å². The maximum Gasteiger partial charge on any atom is 0.240 e. The third-order valence-corrected chi connectivity index (χ3v) is 4.53. The van der Waals surface area contributed by atoms with Gasteiger partial charge in [-0.25, -0.2) is 21.9 Å². The Morgan fingerprint density at radius 2 is 1.90 bits per heavy atom. The van der Waals surface area contributed by atoms with Crippen molar-refractivity contribution in [1.29, 1.82) is 0 Å². The van der Waals surface area contributed by atoms with Crippen molar-refractivity contribution in [1.82, 2.24) is 4.72 Å². The number of nitrogens with one attached hydrogen (secondary N) is 1. The first-order valence-corrected chi connectivity index (χ1v) is 8.30. The van der Waals surface area contributed by atoms with Gasteiger partial charge in [0, 0.05) is 13.2 Å². The summed E-state index contributed by atoms with van der Waals surface area (Å²) in [5.74, 6) is -1.93. The number of halogens is 2. The zero-order valence-electron chi connectivity index (χ0n) is 12.1. The molecule has 7 heteroatoms. The predicted molar refractivity (Wildman–Crippen MR) is 76.2 cm³/mol. The first-order valence-electron chi connectivity index (χ1n) is 6.82. The van der Waals surface area contributed by atoms with E-state index < -0.39 is 21.7 Å². The van der Waals surface area contributed by atoms with Gasteiger partial charge in [-0.2, -0.15) is 0 Å². The zero-order valence-corrected chi connectivity index (χ0v) is 13.0. The van der Waals surface area contributed by atoms with E-state index in [1.54, 1.807) is 0 Å². The summed E-state index contributed by atoms with van der Waals surface area (Å²) < 4.78 is 52.4. The van der Waals surface area contributed by atoms with E-state index in [-0.39, 0.29) is 24.0 Å². The van der Waals surface area contributed by atoms with Crippen molar-refractivity contribution < 1.29 is 22.3 Å². The van der Waals surface area contributed by atoms with Gasteiger partial charge in [-0.3, -0.25) is 0 Å². The number of hydrogen-bond acceptors (Lipinski definition) is 3. The molecule has 0 spiro atoms. The molecular weight excluding hydrogens is 300 g/mol. The molecule has 1 aromatic rings. The molecule has 0 heterocycles. The SMILES string of the molecule is CC(C)CC(CCO)CNS(=O)(=O)c1ccc(F)c(F)c1. The molecule has 0 saturated carbocycles. The fourth-order valence-corrected chi connectivity index (χ4v) is 3.23. The third-order valence-electron chi connectivity index (χ3n) is 3.11. The summed E-state index contributed by atoms with van der Waals surface area (Å²) in [5, 5.41) is 8.99. The van der Waals surface area contributed by atoms with Crippen LogP contribution >= 0.6 is 0 Å². The largest absolute Gasteiger partial charge is 0.396 e. The molecule has 1 aromatic carbocycles. The summed E-state index contributed by atoms with van der Waals surface area (Å²) in [5.41, 5.74) is 0. The average Bonchev–Trinajstić information content (AvgIpc) is 2.39. The van der Waals surface area contributed by atoms with Gasteiger partial charge >= 0.3 is 0 Å². The van der Waals surface area contributed by atoms with Crippen LogP contribution < -0.4 is 4.72 Å². The van der Waals surface area contributed by atoms with Crippen LogP contribution in [0.5, 0.6) is 0 Å². The first-order chi connectivity index (χ1) is 9.76. The van der Waals surface area contributed by atoms with Gasteiger partial charge in [-0.15, -0.1) is 0 Å². The molecule has 4 nitrogen and oxygen atoms in total. The molecule has 0 radical (unpaired) electrons. The Kier molecular flexibility index (Phi) is 6.70. The van der Waals surface area contributed by atoms with E-state index in [0.717, 1.165) is 18.6 Å². The average molecular weight is 321 g/mol. The number of sulfonamides is 1. The van der Waals surface area contributed by atoms with Crippen molar-refractivity contribution in [3.05, 3.63) is 29.8 Å². The van der Waals surface area contributed by atoms with Crippen molar-refractivity contribution in [2.24, 2.45) is 11.8 Å². The van der Waals surface area contributed by atoms with E-state index in [2.05, 4.69) is 4.72 Å². The number of aliphatic hydroxyl groups excluding tert-OH is 1. The smallest absolute Gasteiger partial charge is 0.240 e. The van der Waals surface area contributed by atoms with Crippen LogP contribution in [0.1, 0.15) is 26.7 Å². The van der Waals surface area contributed by atoms with Gasteiger partial charge in [-0.05, 0) is 42.9 Å². The van der Waals surface area contributed by atoms with Crippen LogP contribution in [0.25, 0.3) is 0 Å². The van der Waals surface area contributed by atoms with Crippen LogP contribution in [0.2, 0.25) is 0 Å². The maximum atomic E-state index is 13.1. The van der Waals surface area contributed by atoms with Gasteiger partial charge in [-0.1, -0.05) is 13.8 Å². The number of aliphatic hydroxyl groups is 1. The Balaban J connectivity index is 2.76.